The van der Waals surface area contributed by atoms with Gasteiger partial charge < -0.3 is 10.4 Å². The standard InChI is InChI=1S/C15H15NO3/c1-2-10-3-5-11(6-4-10)16-12(17)14-7-15(8-14,9-14)13(18)19/h2-6H,1,7-9H2,(H,16,17)(H,18,19). The Morgan fingerprint density at radius 2 is 1.74 bits per heavy atom. The third-order valence-corrected chi connectivity index (χ3v) is 4.37. The first-order chi connectivity index (χ1) is 9.00. The molecule has 1 amide bonds. The first kappa shape index (κ1) is 12.0. The fraction of sp³-hybridized carbons (Fsp3) is 0.333. The Morgan fingerprint density at radius 1 is 1.16 bits per heavy atom. The average Bonchev–Trinajstić information content (AvgIpc) is 2.25. The number of hydrogen-bond acceptors (Lipinski definition) is 2. The number of carbonyl (C=O) groups excluding carboxylic acids is 1. The lowest BCUT2D eigenvalue weighted by Gasteiger charge is -2.66. The fourth-order valence-corrected chi connectivity index (χ4v) is 3.22. The second-order valence-electron chi connectivity index (χ2n) is 5.68. The number of carboxylic acids is 1. The van der Waals surface area contributed by atoms with E-state index in [2.05, 4.69) is 11.9 Å². The van der Waals surface area contributed by atoms with Crippen molar-refractivity contribution < 1.29 is 14.7 Å². The SMILES string of the molecule is C=Cc1ccc(NC(=O)C23CC(C(=O)O)(C2)C3)cc1. The number of nitrogens with one attached hydrogen (secondary N) is 1. The minimum absolute atomic E-state index is 0.0537. The minimum atomic E-state index is -0.766. The summed E-state index contributed by atoms with van der Waals surface area (Å²) in [5.74, 6) is -0.820. The van der Waals surface area contributed by atoms with Crippen molar-refractivity contribution >= 4 is 23.6 Å². The molecule has 0 unspecified atom stereocenters. The highest BCUT2D eigenvalue weighted by Crippen LogP contribution is 2.73. The molecule has 3 aliphatic rings. The second kappa shape index (κ2) is 3.70. The number of anilines is 1. The summed E-state index contributed by atoms with van der Waals surface area (Å²) in [6, 6.07) is 7.41. The van der Waals surface area contributed by atoms with Crippen LogP contribution in [-0.4, -0.2) is 17.0 Å². The van der Waals surface area contributed by atoms with Crippen molar-refractivity contribution in [2.24, 2.45) is 10.8 Å². The van der Waals surface area contributed by atoms with Gasteiger partial charge in [-0.15, -0.1) is 0 Å². The average molecular weight is 257 g/mol. The number of carboxylic acid groups (broad SMARTS) is 1. The molecule has 3 fully saturated rings. The lowest BCUT2D eigenvalue weighted by molar-refractivity contribution is -0.217. The minimum Gasteiger partial charge on any atom is -0.481 e. The van der Waals surface area contributed by atoms with Gasteiger partial charge in [-0.2, -0.15) is 0 Å². The molecule has 1 aromatic rings. The summed E-state index contributed by atoms with van der Waals surface area (Å²) in [4.78, 5) is 23.1. The van der Waals surface area contributed by atoms with E-state index < -0.39 is 16.8 Å². The number of carbonyl (C=O) groups is 2. The van der Waals surface area contributed by atoms with Gasteiger partial charge in [-0.25, -0.2) is 0 Å². The van der Waals surface area contributed by atoms with E-state index in [1.165, 1.54) is 0 Å². The quantitative estimate of drug-likeness (QED) is 0.871. The Labute approximate surface area is 111 Å². The predicted octanol–water partition coefficient (Wildman–Crippen LogP) is 2.52. The van der Waals surface area contributed by atoms with Gasteiger partial charge >= 0.3 is 5.97 Å². The van der Waals surface area contributed by atoms with E-state index >= 15 is 0 Å². The van der Waals surface area contributed by atoms with Gasteiger partial charge in [0.1, 0.15) is 0 Å². The number of hydrogen-bond donors (Lipinski definition) is 2. The van der Waals surface area contributed by atoms with E-state index in [1.807, 2.05) is 24.3 Å². The van der Waals surface area contributed by atoms with E-state index in [9.17, 15) is 9.59 Å². The maximum Gasteiger partial charge on any atom is 0.309 e. The van der Waals surface area contributed by atoms with Gasteiger partial charge in [-0.05, 0) is 37.0 Å². The first-order valence-electron chi connectivity index (χ1n) is 6.27. The molecule has 3 saturated carbocycles. The second-order valence-corrected chi connectivity index (χ2v) is 5.68. The van der Waals surface area contributed by atoms with Gasteiger partial charge in [-0.1, -0.05) is 24.8 Å². The molecule has 4 rings (SSSR count). The van der Waals surface area contributed by atoms with E-state index in [-0.39, 0.29) is 5.91 Å². The van der Waals surface area contributed by atoms with Gasteiger partial charge in [0.15, 0.2) is 0 Å². The number of benzene rings is 1. The van der Waals surface area contributed by atoms with Gasteiger partial charge in [0.25, 0.3) is 0 Å². The van der Waals surface area contributed by atoms with Gasteiger partial charge in [-0.3, -0.25) is 9.59 Å². The van der Waals surface area contributed by atoms with Crippen LogP contribution in [0.15, 0.2) is 30.8 Å². The molecule has 0 aromatic heterocycles. The first-order valence-corrected chi connectivity index (χ1v) is 6.27. The number of aliphatic carboxylic acids is 1. The summed E-state index contributed by atoms with van der Waals surface area (Å²) < 4.78 is 0. The van der Waals surface area contributed by atoms with Crippen LogP contribution in [-0.2, 0) is 9.59 Å². The fourth-order valence-electron chi connectivity index (χ4n) is 3.22. The van der Waals surface area contributed by atoms with E-state index in [1.54, 1.807) is 6.08 Å². The molecule has 1 aromatic carbocycles. The van der Waals surface area contributed by atoms with Gasteiger partial charge in [0, 0.05) is 5.69 Å². The highest BCUT2D eigenvalue weighted by molar-refractivity contribution is 6.01. The van der Waals surface area contributed by atoms with Gasteiger partial charge in [0.05, 0.1) is 10.8 Å². The normalized spacial score (nSPS) is 30.7. The largest absolute Gasteiger partial charge is 0.481 e. The van der Waals surface area contributed by atoms with Crippen molar-refractivity contribution in [3.63, 3.8) is 0 Å². The molecular formula is C15H15NO3. The Morgan fingerprint density at radius 3 is 2.21 bits per heavy atom. The van der Waals surface area contributed by atoms with Crippen LogP contribution in [0.1, 0.15) is 24.8 Å². The van der Waals surface area contributed by atoms with Crippen molar-refractivity contribution in [3.8, 4) is 0 Å². The van der Waals surface area contributed by atoms with Crippen LogP contribution in [0.25, 0.3) is 6.08 Å². The van der Waals surface area contributed by atoms with Crippen LogP contribution in [0, 0.1) is 10.8 Å². The third-order valence-electron chi connectivity index (χ3n) is 4.37. The molecule has 0 aliphatic heterocycles. The van der Waals surface area contributed by atoms with E-state index in [0.29, 0.717) is 19.3 Å². The molecule has 4 heteroatoms. The monoisotopic (exact) mass is 257 g/mol. The molecule has 4 nitrogen and oxygen atoms in total. The summed E-state index contributed by atoms with van der Waals surface area (Å²) in [5.41, 5.74) is 0.692. The Bertz CT molecular complexity index is 554. The maximum atomic E-state index is 12.1. The number of rotatable bonds is 4. The van der Waals surface area contributed by atoms with Crippen LogP contribution >= 0.6 is 0 Å². The molecular weight excluding hydrogens is 242 g/mol. The molecule has 0 radical (unpaired) electrons. The van der Waals surface area contributed by atoms with E-state index in [4.69, 9.17) is 5.11 Å². The molecule has 98 valence electrons. The Balaban J connectivity index is 1.64. The lowest BCUT2D eigenvalue weighted by Crippen LogP contribution is -2.69. The predicted molar refractivity (Wildman–Crippen MR) is 71.5 cm³/mol. The molecule has 0 spiro atoms. The molecule has 0 saturated heterocycles. The summed E-state index contributed by atoms with van der Waals surface area (Å²) >= 11 is 0. The van der Waals surface area contributed by atoms with Crippen molar-refractivity contribution in [3.05, 3.63) is 36.4 Å². The lowest BCUT2D eigenvalue weighted by atomic mass is 9.35. The number of amides is 1. The highest BCUT2D eigenvalue weighted by atomic mass is 16.4. The van der Waals surface area contributed by atoms with Crippen LogP contribution in [0.4, 0.5) is 5.69 Å². The smallest absolute Gasteiger partial charge is 0.309 e. The van der Waals surface area contributed by atoms with Crippen molar-refractivity contribution in [1.29, 1.82) is 0 Å². The summed E-state index contributed by atoms with van der Waals surface area (Å²) in [7, 11) is 0. The molecule has 2 bridgehead atoms. The summed E-state index contributed by atoms with van der Waals surface area (Å²) in [6.07, 6.45) is 3.17. The van der Waals surface area contributed by atoms with Crippen LogP contribution in [0.5, 0.6) is 0 Å². The van der Waals surface area contributed by atoms with Crippen LogP contribution in [0.2, 0.25) is 0 Å². The van der Waals surface area contributed by atoms with Crippen molar-refractivity contribution in [1.82, 2.24) is 0 Å². The topological polar surface area (TPSA) is 66.4 Å². The zero-order valence-electron chi connectivity index (χ0n) is 10.5. The third kappa shape index (κ3) is 1.59. The summed E-state index contributed by atoms with van der Waals surface area (Å²) in [6.45, 7) is 3.67. The highest BCUT2D eigenvalue weighted by Gasteiger charge is 2.75. The Kier molecular flexibility index (Phi) is 2.33. The molecule has 0 heterocycles. The zero-order valence-corrected chi connectivity index (χ0v) is 10.5. The van der Waals surface area contributed by atoms with Crippen LogP contribution < -0.4 is 5.32 Å². The molecule has 3 aliphatic carbocycles. The van der Waals surface area contributed by atoms with Gasteiger partial charge in [0.2, 0.25) is 5.91 Å². The molecule has 2 N–H and O–H groups in total. The van der Waals surface area contributed by atoms with E-state index in [0.717, 1.165) is 11.3 Å². The Hall–Kier alpha value is -2.10. The molecule has 0 atom stereocenters. The molecule has 19 heavy (non-hydrogen) atoms. The zero-order chi connectivity index (χ0) is 13.7. The van der Waals surface area contributed by atoms with Crippen molar-refractivity contribution in [2.75, 3.05) is 5.32 Å². The summed E-state index contributed by atoms with van der Waals surface area (Å²) in [5, 5.41) is 11.9. The van der Waals surface area contributed by atoms with Crippen LogP contribution in [0.3, 0.4) is 0 Å². The maximum absolute atomic E-state index is 12.1. The van der Waals surface area contributed by atoms with Crippen molar-refractivity contribution in [2.45, 2.75) is 19.3 Å².